The molecule has 1 aromatic carbocycles. The lowest BCUT2D eigenvalue weighted by Crippen LogP contribution is -2.43. The van der Waals surface area contributed by atoms with Crippen LogP contribution in [0.1, 0.15) is 24.8 Å². The number of carbonyl (C=O) groups excluding carboxylic acids is 1. The van der Waals surface area contributed by atoms with Gasteiger partial charge in [0.25, 0.3) is 0 Å². The lowest BCUT2D eigenvalue weighted by molar-refractivity contribution is -0.129. The largest absolute Gasteiger partial charge is 0.383 e. The van der Waals surface area contributed by atoms with Gasteiger partial charge in [-0.2, -0.15) is 0 Å². The van der Waals surface area contributed by atoms with E-state index >= 15 is 0 Å². The third kappa shape index (κ3) is 4.79. The van der Waals surface area contributed by atoms with Crippen LogP contribution in [0, 0.1) is 11.7 Å². The Labute approximate surface area is 124 Å². The number of hydrogen-bond donors (Lipinski definition) is 2. The number of aryl methyl sites for hydroxylation is 1. The predicted octanol–water partition coefficient (Wildman–Crippen LogP) is 1.32. The van der Waals surface area contributed by atoms with E-state index in [1.54, 1.807) is 12.1 Å². The van der Waals surface area contributed by atoms with Crippen molar-refractivity contribution in [1.29, 1.82) is 0 Å². The van der Waals surface area contributed by atoms with Crippen LogP contribution >= 0.6 is 0 Å². The van der Waals surface area contributed by atoms with E-state index in [-0.39, 0.29) is 11.7 Å². The summed E-state index contributed by atoms with van der Waals surface area (Å²) in [6.45, 7) is 2.70. The van der Waals surface area contributed by atoms with Crippen molar-refractivity contribution in [2.24, 2.45) is 11.7 Å². The molecule has 1 fully saturated rings. The minimum Gasteiger partial charge on any atom is -0.383 e. The number of benzene rings is 1. The number of aliphatic hydroxyl groups is 1. The van der Waals surface area contributed by atoms with Crippen molar-refractivity contribution in [3.05, 3.63) is 35.6 Å². The average Bonchev–Trinajstić information content (AvgIpc) is 2.47. The number of carbonyl (C=O) groups is 1. The number of hydrogen-bond acceptors (Lipinski definition) is 3. The first-order chi connectivity index (χ1) is 10.1. The van der Waals surface area contributed by atoms with Gasteiger partial charge in [-0.25, -0.2) is 4.39 Å². The molecule has 1 saturated heterocycles. The molecule has 1 unspecified atom stereocenters. The molecule has 4 nitrogen and oxygen atoms in total. The van der Waals surface area contributed by atoms with Gasteiger partial charge in [0.2, 0.25) is 5.91 Å². The maximum atomic E-state index is 13.1. The highest BCUT2D eigenvalue weighted by atomic mass is 19.1. The molecular formula is C16H23FN2O2. The fourth-order valence-corrected chi connectivity index (χ4v) is 2.92. The highest BCUT2D eigenvalue weighted by Gasteiger charge is 2.28. The molecule has 1 aliphatic rings. The molecule has 0 saturated carbocycles. The summed E-state index contributed by atoms with van der Waals surface area (Å²) in [6, 6.07) is 6.72. The summed E-state index contributed by atoms with van der Waals surface area (Å²) < 4.78 is 13.1. The Morgan fingerprint density at radius 1 is 1.43 bits per heavy atom. The van der Waals surface area contributed by atoms with Gasteiger partial charge in [-0.05, 0) is 68.9 Å². The van der Waals surface area contributed by atoms with Gasteiger partial charge >= 0.3 is 0 Å². The number of aliphatic hydroxyl groups excluding tert-OH is 1. The number of amides is 1. The fraction of sp³-hybridized carbons (Fsp3) is 0.562. The number of piperidine rings is 1. The van der Waals surface area contributed by atoms with Crippen molar-refractivity contribution in [2.45, 2.75) is 31.8 Å². The van der Waals surface area contributed by atoms with Gasteiger partial charge in [0.15, 0.2) is 0 Å². The number of halogens is 1. The van der Waals surface area contributed by atoms with E-state index in [1.165, 1.54) is 6.07 Å². The van der Waals surface area contributed by atoms with Gasteiger partial charge in [0.1, 0.15) is 11.9 Å². The van der Waals surface area contributed by atoms with Gasteiger partial charge in [0, 0.05) is 0 Å². The summed E-state index contributed by atoms with van der Waals surface area (Å²) >= 11 is 0. The molecule has 1 amide bonds. The lowest BCUT2D eigenvalue weighted by atomic mass is 9.91. The smallest absolute Gasteiger partial charge is 0.246 e. The van der Waals surface area contributed by atoms with Crippen molar-refractivity contribution in [3.8, 4) is 0 Å². The van der Waals surface area contributed by atoms with Crippen molar-refractivity contribution >= 4 is 5.91 Å². The van der Waals surface area contributed by atoms with Crippen LogP contribution < -0.4 is 5.73 Å². The zero-order chi connectivity index (χ0) is 15.2. The summed E-state index contributed by atoms with van der Waals surface area (Å²) in [5.41, 5.74) is 6.15. The van der Waals surface area contributed by atoms with Gasteiger partial charge in [0.05, 0.1) is 0 Å². The highest BCUT2D eigenvalue weighted by Crippen LogP contribution is 2.21. The first kappa shape index (κ1) is 15.9. The second kappa shape index (κ2) is 7.52. The molecule has 1 aromatic rings. The summed E-state index contributed by atoms with van der Waals surface area (Å²) in [7, 11) is 0. The Hall–Kier alpha value is -1.46. The highest BCUT2D eigenvalue weighted by molar-refractivity contribution is 5.78. The van der Waals surface area contributed by atoms with Crippen LogP contribution in [-0.4, -0.2) is 41.7 Å². The normalized spacial score (nSPS) is 18.6. The topological polar surface area (TPSA) is 66.6 Å². The third-order valence-corrected chi connectivity index (χ3v) is 4.20. The maximum absolute atomic E-state index is 13.1. The first-order valence-corrected chi connectivity index (χ1v) is 7.50. The Kier molecular flexibility index (Phi) is 5.70. The van der Waals surface area contributed by atoms with Crippen molar-refractivity contribution in [3.63, 3.8) is 0 Å². The molecule has 2 rings (SSSR count). The number of likely N-dealkylation sites (tertiary alicyclic amines) is 1. The van der Waals surface area contributed by atoms with E-state index in [9.17, 15) is 14.3 Å². The van der Waals surface area contributed by atoms with Crippen molar-refractivity contribution in [2.75, 3.05) is 19.6 Å². The maximum Gasteiger partial charge on any atom is 0.246 e. The van der Waals surface area contributed by atoms with Crippen LogP contribution in [-0.2, 0) is 11.2 Å². The standard InChI is InChI=1S/C16H23FN2O2/c17-14-5-1-3-12(11-14)4-2-8-19-9-6-13(7-10-19)15(20)16(18)21/h1,3,5,11,13,15,20H,2,4,6-10H2,(H2,18,21). The van der Waals surface area contributed by atoms with Gasteiger partial charge in [-0.1, -0.05) is 12.1 Å². The summed E-state index contributed by atoms with van der Waals surface area (Å²) in [5, 5.41) is 9.66. The van der Waals surface area contributed by atoms with Crippen molar-refractivity contribution in [1.82, 2.24) is 4.90 Å². The predicted molar refractivity (Wildman–Crippen MR) is 79.1 cm³/mol. The zero-order valence-corrected chi connectivity index (χ0v) is 12.2. The second-order valence-corrected chi connectivity index (χ2v) is 5.76. The first-order valence-electron chi connectivity index (χ1n) is 7.50. The molecule has 1 aliphatic heterocycles. The number of primary amides is 1. The minimum atomic E-state index is -1.01. The number of rotatable bonds is 6. The molecule has 0 aliphatic carbocycles. The fourth-order valence-electron chi connectivity index (χ4n) is 2.92. The van der Waals surface area contributed by atoms with Crippen LogP contribution in [0.25, 0.3) is 0 Å². The van der Waals surface area contributed by atoms with E-state index in [0.29, 0.717) is 0 Å². The molecule has 0 bridgehead atoms. The molecule has 116 valence electrons. The molecule has 1 heterocycles. The molecule has 0 spiro atoms. The van der Waals surface area contributed by atoms with E-state index < -0.39 is 12.0 Å². The number of nitrogens with zero attached hydrogens (tertiary/aromatic N) is 1. The Balaban J connectivity index is 1.68. The van der Waals surface area contributed by atoms with Crippen LogP contribution in [0.15, 0.2) is 24.3 Å². The SMILES string of the molecule is NC(=O)C(O)C1CCN(CCCc2cccc(F)c2)CC1. The van der Waals surface area contributed by atoms with E-state index in [2.05, 4.69) is 4.90 Å². The van der Waals surface area contributed by atoms with Crippen LogP contribution in [0.5, 0.6) is 0 Å². The minimum absolute atomic E-state index is 0.0121. The van der Waals surface area contributed by atoms with Crippen LogP contribution in [0.2, 0.25) is 0 Å². The van der Waals surface area contributed by atoms with Gasteiger partial charge in [-0.15, -0.1) is 0 Å². The summed E-state index contributed by atoms with van der Waals surface area (Å²) in [6.07, 6.45) is 2.42. The molecule has 1 atom stereocenters. The molecule has 5 heteroatoms. The van der Waals surface area contributed by atoms with Crippen LogP contribution in [0.4, 0.5) is 4.39 Å². The molecule has 3 N–H and O–H groups in total. The summed E-state index contributed by atoms with van der Waals surface area (Å²) in [5.74, 6) is -0.824. The van der Waals surface area contributed by atoms with E-state index in [1.807, 2.05) is 6.07 Å². The molecule has 0 radical (unpaired) electrons. The zero-order valence-electron chi connectivity index (χ0n) is 12.2. The monoisotopic (exact) mass is 294 g/mol. The Morgan fingerprint density at radius 2 is 2.14 bits per heavy atom. The lowest BCUT2D eigenvalue weighted by Gasteiger charge is -2.33. The average molecular weight is 294 g/mol. The molecule has 0 aromatic heterocycles. The van der Waals surface area contributed by atoms with E-state index in [4.69, 9.17) is 5.73 Å². The van der Waals surface area contributed by atoms with E-state index in [0.717, 1.165) is 50.9 Å². The second-order valence-electron chi connectivity index (χ2n) is 5.76. The Bertz CT molecular complexity index is 473. The Morgan fingerprint density at radius 3 is 2.76 bits per heavy atom. The third-order valence-electron chi connectivity index (χ3n) is 4.20. The van der Waals surface area contributed by atoms with Crippen LogP contribution in [0.3, 0.4) is 0 Å². The molecular weight excluding hydrogens is 271 g/mol. The van der Waals surface area contributed by atoms with Crippen molar-refractivity contribution < 1.29 is 14.3 Å². The van der Waals surface area contributed by atoms with Gasteiger partial charge in [-0.3, -0.25) is 4.79 Å². The quantitative estimate of drug-likeness (QED) is 0.831. The molecule has 21 heavy (non-hydrogen) atoms. The number of nitrogens with two attached hydrogens (primary N) is 1. The van der Waals surface area contributed by atoms with Gasteiger partial charge < -0.3 is 15.7 Å². The summed E-state index contributed by atoms with van der Waals surface area (Å²) in [4.78, 5) is 13.3.